The summed E-state index contributed by atoms with van der Waals surface area (Å²) in [7, 11) is 0. The van der Waals surface area contributed by atoms with E-state index in [4.69, 9.17) is 0 Å². The second-order valence-electron chi connectivity index (χ2n) is 3.91. The van der Waals surface area contributed by atoms with Gasteiger partial charge in [-0.1, -0.05) is 25.1 Å². The number of halogens is 1. The van der Waals surface area contributed by atoms with Crippen molar-refractivity contribution in [3.05, 3.63) is 47.9 Å². The Labute approximate surface area is 100 Å². The molecule has 0 spiro atoms. The van der Waals surface area contributed by atoms with Crippen LogP contribution >= 0.6 is 0 Å². The molecule has 2 aromatic rings. The summed E-state index contributed by atoms with van der Waals surface area (Å²) in [5.74, 6) is 0.592. The van der Waals surface area contributed by atoms with Crippen molar-refractivity contribution < 1.29 is 4.39 Å². The van der Waals surface area contributed by atoms with E-state index in [0.717, 1.165) is 18.8 Å². The summed E-state index contributed by atoms with van der Waals surface area (Å²) in [4.78, 5) is 0. The summed E-state index contributed by atoms with van der Waals surface area (Å²) in [5.41, 5.74) is 0.651. The summed E-state index contributed by atoms with van der Waals surface area (Å²) in [6.07, 6.45) is 2.97. The molecule has 0 aliphatic carbocycles. The molecule has 1 heterocycles. The van der Waals surface area contributed by atoms with Gasteiger partial charge in [0.05, 0.1) is 0 Å². The lowest BCUT2D eigenvalue weighted by molar-refractivity contribution is 0.602. The van der Waals surface area contributed by atoms with E-state index >= 15 is 0 Å². The van der Waals surface area contributed by atoms with E-state index < -0.39 is 0 Å². The van der Waals surface area contributed by atoms with Gasteiger partial charge in [0.1, 0.15) is 11.6 Å². The molecular weight excluding hydrogens is 217 g/mol. The Hall–Kier alpha value is -1.84. The van der Waals surface area contributed by atoms with Crippen LogP contribution in [-0.4, -0.2) is 9.78 Å². The van der Waals surface area contributed by atoms with Crippen LogP contribution in [0.25, 0.3) is 0 Å². The first-order chi connectivity index (χ1) is 8.29. The summed E-state index contributed by atoms with van der Waals surface area (Å²) in [6.45, 7) is 3.46. The van der Waals surface area contributed by atoms with Crippen molar-refractivity contribution in [2.75, 3.05) is 5.32 Å². The van der Waals surface area contributed by atoms with Crippen LogP contribution in [-0.2, 0) is 13.1 Å². The first-order valence-electron chi connectivity index (χ1n) is 5.80. The SMILES string of the molecule is CCCn1ccc(NCc2ccccc2F)n1. The highest BCUT2D eigenvalue weighted by Crippen LogP contribution is 2.09. The van der Waals surface area contributed by atoms with Crippen LogP contribution in [0, 0.1) is 5.82 Å². The maximum atomic E-state index is 13.4. The molecule has 0 amide bonds. The molecule has 1 aromatic carbocycles. The molecular formula is C13H16FN3. The molecule has 0 aliphatic rings. The minimum atomic E-state index is -0.187. The predicted molar refractivity (Wildman–Crippen MR) is 66.2 cm³/mol. The van der Waals surface area contributed by atoms with Crippen LogP contribution in [0.1, 0.15) is 18.9 Å². The average molecular weight is 233 g/mol. The molecule has 0 unspecified atom stereocenters. The zero-order valence-corrected chi connectivity index (χ0v) is 9.86. The number of benzene rings is 1. The largest absolute Gasteiger partial charge is 0.364 e. The van der Waals surface area contributed by atoms with Crippen LogP contribution in [0.2, 0.25) is 0 Å². The monoisotopic (exact) mass is 233 g/mol. The van der Waals surface area contributed by atoms with Gasteiger partial charge in [-0.2, -0.15) is 5.10 Å². The fourth-order valence-corrected chi connectivity index (χ4v) is 1.64. The fourth-order valence-electron chi connectivity index (χ4n) is 1.64. The van der Waals surface area contributed by atoms with E-state index in [9.17, 15) is 4.39 Å². The number of nitrogens with zero attached hydrogens (tertiary/aromatic N) is 2. The van der Waals surface area contributed by atoms with Crippen molar-refractivity contribution in [1.82, 2.24) is 9.78 Å². The van der Waals surface area contributed by atoms with Gasteiger partial charge in [-0.05, 0) is 12.5 Å². The van der Waals surface area contributed by atoms with Crippen LogP contribution in [0.4, 0.5) is 10.2 Å². The van der Waals surface area contributed by atoms with E-state index in [2.05, 4.69) is 17.3 Å². The lowest BCUT2D eigenvalue weighted by Gasteiger charge is -2.04. The van der Waals surface area contributed by atoms with Crippen LogP contribution in [0.5, 0.6) is 0 Å². The quantitative estimate of drug-likeness (QED) is 0.860. The van der Waals surface area contributed by atoms with Gasteiger partial charge in [0.2, 0.25) is 0 Å². The number of hydrogen-bond acceptors (Lipinski definition) is 2. The Bertz CT molecular complexity index is 479. The number of anilines is 1. The third-order valence-electron chi connectivity index (χ3n) is 2.51. The van der Waals surface area contributed by atoms with Crippen molar-refractivity contribution in [3.63, 3.8) is 0 Å². The number of aryl methyl sites for hydroxylation is 1. The summed E-state index contributed by atoms with van der Waals surface area (Å²) in [5, 5.41) is 7.44. The van der Waals surface area contributed by atoms with E-state index in [0.29, 0.717) is 12.1 Å². The van der Waals surface area contributed by atoms with E-state index in [1.165, 1.54) is 6.07 Å². The van der Waals surface area contributed by atoms with Gasteiger partial charge >= 0.3 is 0 Å². The maximum absolute atomic E-state index is 13.4. The third kappa shape index (κ3) is 3.06. The smallest absolute Gasteiger partial charge is 0.148 e. The first-order valence-corrected chi connectivity index (χ1v) is 5.80. The highest BCUT2D eigenvalue weighted by Gasteiger charge is 2.01. The molecule has 0 saturated carbocycles. The van der Waals surface area contributed by atoms with Gasteiger partial charge in [0, 0.05) is 30.9 Å². The van der Waals surface area contributed by atoms with Gasteiger partial charge in [0.25, 0.3) is 0 Å². The van der Waals surface area contributed by atoms with Gasteiger partial charge in [0.15, 0.2) is 0 Å². The number of hydrogen-bond donors (Lipinski definition) is 1. The van der Waals surface area contributed by atoms with E-state index in [1.54, 1.807) is 12.1 Å². The molecule has 0 bridgehead atoms. The van der Waals surface area contributed by atoms with Gasteiger partial charge < -0.3 is 5.32 Å². The second kappa shape index (κ2) is 5.48. The van der Waals surface area contributed by atoms with Crippen molar-refractivity contribution in [2.45, 2.75) is 26.4 Å². The Morgan fingerprint density at radius 3 is 2.88 bits per heavy atom. The molecule has 2 rings (SSSR count). The standard InChI is InChI=1S/C13H16FN3/c1-2-8-17-9-7-13(16-17)15-10-11-5-3-4-6-12(11)14/h3-7,9H,2,8,10H2,1H3,(H,15,16). The van der Waals surface area contributed by atoms with Crippen molar-refractivity contribution in [1.29, 1.82) is 0 Å². The van der Waals surface area contributed by atoms with Gasteiger partial charge in [-0.3, -0.25) is 4.68 Å². The molecule has 0 saturated heterocycles. The predicted octanol–water partition coefficient (Wildman–Crippen LogP) is 3.04. The zero-order valence-electron chi connectivity index (χ0n) is 9.86. The Morgan fingerprint density at radius 1 is 1.29 bits per heavy atom. The molecule has 4 heteroatoms. The van der Waals surface area contributed by atoms with E-state index in [1.807, 2.05) is 23.0 Å². The Morgan fingerprint density at radius 2 is 2.12 bits per heavy atom. The zero-order chi connectivity index (χ0) is 12.1. The van der Waals surface area contributed by atoms with Crippen molar-refractivity contribution in [2.24, 2.45) is 0 Å². The minimum Gasteiger partial charge on any atom is -0.364 e. The first kappa shape index (κ1) is 11.6. The topological polar surface area (TPSA) is 29.9 Å². The van der Waals surface area contributed by atoms with Crippen LogP contribution in [0.3, 0.4) is 0 Å². The van der Waals surface area contributed by atoms with E-state index in [-0.39, 0.29) is 5.82 Å². The number of aromatic nitrogens is 2. The highest BCUT2D eigenvalue weighted by atomic mass is 19.1. The molecule has 0 fully saturated rings. The molecule has 17 heavy (non-hydrogen) atoms. The molecule has 1 N–H and O–H groups in total. The summed E-state index contributed by atoms with van der Waals surface area (Å²) >= 11 is 0. The third-order valence-corrected chi connectivity index (χ3v) is 2.51. The molecule has 0 aliphatic heterocycles. The molecule has 0 radical (unpaired) electrons. The number of rotatable bonds is 5. The Balaban J connectivity index is 1.95. The Kier molecular flexibility index (Phi) is 3.75. The van der Waals surface area contributed by atoms with Crippen molar-refractivity contribution in [3.8, 4) is 0 Å². The minimum absolute atomic E-state index is 0.187. The van der Waals surface area contributed by atoms with Crippen LogP contribution < -0.4 is 5.32 Å². The fraction of sp³-hybridized carbons (Fsp3) is 0.308. The lowest BCUT2D eigenvalue weighted by atomic mass is 10.2. The molecule has 3 nitrogen and oxygen atoms in total. The van der Waals surface area contributed by atoms with Gasteiger partial charge in [-0.25, -0.2) is 4.39 Å². The lowest BCUT2D eigenvalue weighted by Crippen LogP contribution is -2.03. The highest BCUT2D eigenvalue weighted by molar-refractivity contribution is 5.34. The summed E-state index contributed by atoms with van der Waals surface area (Å²) < 4.78 is 15.2. The molecule has 90 valence electrons. The van der Waals surface area contributed by atoms with Crippen LogP contribution in [0.15, 0.2) is 36.5 Å². The average Bonchev–Trinajstić information content (AvgIpc) is 2.76. The second-order valence-corrected chi connectivity index (χ2v) is 3.91. The summed E-state index contributed by atoms with van der Waals surface area (Å²) in [6, 6.07) is 8.65. The maximum Gasteiger partial charge on any atom is 0.148 e. The number of nitrogens with one attached hydrogen (secondary N) is 1. The van der Waals surface area contributed by atoms with Crippen molar-refractivity contribution >= 4 is 5.82 Å². The molecule has 1 aromatic heterocycles. The normalized spacial score (nSPS) is 10.5. The van der Waals surface area contributed by atoms with Gasteiger partial charge in [-0.15, -0.1) is 0 Å². The molecule has 0 atom stereocenters.